The van der Waals surface area contributed by atoms with E-state index in [0.29, 0.717) is 6.61 Å². The van der Waals surface area contributed by atoms with Crippen LogP contribution in [0.2, 0.25) is 0 Å². The molecule has 2 rings (SSSR count). The second kappa shape index (κ2) is 7.28. The quantitative estimate of drug-likeness (QED) is 0.473. The van der Waals surface area contributed by atoms with Crippen LogP contribution in [0.25, 0.3) is 0 Å². The van der Waals surface area contributed by atoms with Crippen molar-refractivity contribution in [2.45, 2.75) is 38.8 Å². The zero-order chi connectivity index (χ0) is 19.5. The van der Waals surface area contributed by atoms with Crippen LogP contribution in [0.15, 0.2) is 24.3 Å². The van der Waals surface area contributed by atoms with E-state index in [4.69, 9.17) is 4.74 Å². The Kier molecular flexibility index (Phi) is 5.50. The Morgan fingerprint density at radius 3 is 2.58 bits per heavy atom. The molecular weight excluding hydrogens is 342 g/mol. The molecule has 0 aliphatic heterocycles. The lowest BCUT2D eigenvalue weighted by atomic mass is 9.54. The average molecular weight is 365 g/mol. The maximum Gasteiger partial charge on any atom is 0.330 e. The number of amides is 1. The number of hydrogen-bond donors (Lipinski definition) is 3. The first kappa shape index (κ1) is 19.6. The van der Waals surface area contributed by atoms with E-state index >= 15 is 0 Å². The Bertz CT molecular complexity index is 720. The van der Waals surface area contributed by atoms with Gasteiger partial charge in [0.2, 0.25) is 5.91 Å². The van der Waals surface area contributed by atoms with Gasteiger partial charge in [-0.2, -0.15) is 0 Å². The van der Waals surface area contributed by atoms with E-state index in [1.54, 1.807) is 19.9 Å². The fourth-order valence-corrected chi connectivity index (χ4v) is 3.28. The van der Waals surface area contributed by atoms with Gasteiger partial charge in [-0.05, 0) is 13.0 Å². The third kappa shape index (κ3) is 3.34. The first-order valence-electron chi connectivity index (χ1n) is 8.29. The molecule has 0 heterocycles. The van der Waals surface area contributed by atoms with Crippen molar-refractivity contribution in [1.82, 2.24) is 5.32 Å². The van der Waals surface area contributed by atoms with Crippen molar-refractivity contribution < 1.29 is 24.4 Å². The Morgan fingerprint density at radius 1 is 1.38 bits per heavy atom. The van der Waals surface area contributed by atoms with Crippen LogP contribution >= 0.6 is 0 Å². The summed E-state index contributed by atoms with van der Waals surface area (Å²) in [4.78, 5) is 34.6. The minimum Gasteiger partial charge on any atom is -0.479 e. The van der Waals surface area contributed by atoms with Gasteiger partial charge >= 0.3 is 5.97 Å². The summed E-state index contributed by atoms with van der Waals surface area (Å²) in [6.45, 7) is 5.47. The first-order chi connectivity index (χ1) is 12.2. The SMILES string of the molecule is CCOC1CC(NC(=O)CNc2ccccc2[N+](=O)[O-])(C(=O)O)C1(C)C. The Labute approximate surface area is 150 Å². The number of rotatable bonds is 8. The number of nitro benzene ring substituents is 1. The second-order valence-corrected chi connectivity index (χ2v) is 6.76. The van der Waals surface area contributed by atoms with E-state index in [1.165, 1.54) is 18.2 Å². The standard InChI is InChI=1S/C17H23N3O6/c1-4-26-13-9-17(15(22)23,16(13,2)3)19-14(21)10-18-11-7-5-6-8-12(11)20(24)25/h5-8,13,18H,4,9-10H2,1-3H3,(H,19,21)(H,22,23). The van der Waals surface area contributed by atoms with E-state index in [0.717, 1.165) is 0 Å². The molecule has 2 unspecified atom stereocenters. The summed E-state index contributed by atoms with van der Waals surface area (Å²) in [7, 11) is 0. The van der Waals surface area contributed by atoms with Crippen LogP contribution in [0.3, 0.4) is 0 Å². The lowest BCUT2D eigenvalue weighted by molar-refractivity contribution is -0.383. The van der Waals surface area contributed by atoms with Gasteiger partial charge in [-0.15, -0.1) is 0 Å². The zero-order valence-corrected chi connectivity index (χ0v) is 14.9. The summed E-state index contributed by atoms with van der Waals surface area (Å²) in [5.41, 5.74) is -2.19. The summed E-state index contributed by atoms with van der Waals surface area (Å²) in [6.07, 6.45) is -0.104. The van der Waals surface area contributed by atoms with Crippen LogP contribution in [-0.2, 0) is 14.3 Å². The molecule has 0 bridgehead atoms. The van der Waals surface area contributed by atoms with Gasteiger partial charge in [-0.3, -0.25) is 14.9 Å². The number of carbonyl (C=O) groups excluding carboxylic acids is 1. The number of para-hydroxylation sites is 2. The molecule has 0 spiro atoms. The summed E-state index contributed by atoms with van der Waals surface area (Å²) >= 11 is 0. The molecule has 1 fully saturated rings. The molecule has 1 aromatic carbocycles. The van der Waals surface area contributed by atoms with Crippen LogP contribution in [0.4, 0.5) is 11.4 Å². The number of carbonyl (C=O) groups is 2. The lowest BCUT2D eigenvalue weighted by Crippen LogP contribution is -2.76. The van der Waals surface area contributed by atoms with Gasteiger partial charge in [-0.1, -0.05) is 26.0 Å². The summed E-state index contributed by atoms with van der Waals surface area (Å²) in [5.74, 6) is -1.69. The molecular formula is C17H23N3O6. The summed E-state index contributed by atoms with van der Waals surface area (Å²) < 4.78 is 5.55. The highest BCUT2D eigenvalue weighted by molar-refractivity contribution is 5.91. The molecule has 1 saturated carbocycles. The molecule has 0 saturated heterocycles. The van der Waals surface area contributed by atoms with Gasteiger partial charge in [0.05, 0.1) is 17.6 Å². The number of nitrogens with zero attached hydrogens (tertiary/aromatic N) is 1. The van der Waals surface area contributed by atoms with E-state index in [9.17, 15) is 24.8 Å². The van der Waals surface area contributed by atoms with Crippen molar-refractivity contribution in [2.24, 2.45) is 5.41 Å². The number of nitro groups is 1. The van der Waals surface area contributed by atoms with Crippen LogP contribution in [0.1, 0.15) is 27.2 Å². The van der Waals surface area contributed by atoms with Gasteiger partial charge in [0.1, 0.15) is 11.2 Å². The third-order valence-corrected chi connectivity index (χ3v) is 5.02. The van der Waals surface area contributed by atoms with Crippen molar-refractivity contribution in [3.63, 3.8) is 0 Å². The Morgan fingerprint density at radius 2 is 2.04 bits per heavy atom. The number of carboxylic acid groups (broad SMARTS) is 1. The van der Waals surface area contributed by atoms with Crippen LogP contribution in [0, 0.1) is 15.5 Å². The largest absolute Gasteiger partial charge is 0.479 e. The fraction of sp³-hybridized carbons (Fsp3) is 0.529. The number of ether oxygens (including phenoxy) is 1. The highest BCUT2D eigenvalue weighted by atomic mass is 16.6. The van der Waals surface area contributed by atoms with Crippen molar-refractivity contribution in [3.8, 4) is 0 Å². The Balaban J connectivity index is 2.07. The number of carboxylic acids is 1. The molecule has 0 radical (unpaired) electrons. The topological polar surface area (TPSA) is 131 Å². The maximum absolute atomic E-state index is 12.3. The molecule has 142 valence electrons. The number of benzene rings is 1. The smallest absolute Gasteiger partial charge is 0.330 e. The highest BCUT2D eigenvalue weighted by Crippen LogP contribution is 2.51. The van der Waals surface area contributed by atoms with E-state index in [2.05, 4.69) is 10.6 Å². The van der Waals surface area contributed by atoms with E-state index < -0.39 is 27.8 Å². The molecule has 26 heavy (non-hydrogen) atoms. The normalized spacial score (nSPS) is 23.6. The molecule has 1 aromatic rings. The van der Waals surface area contributed by atoms with Gasteiger partial charge in [0.25, 0.3) is 5.69 Å². The van der Waals surface area contributed by atoms with Crippen molar-refractivity contribution in [3.05, 3.63) is 34.4 Å². The van der Waals surface area contributed by atoms with E-state index in [-0.39, 0.29) is 30.4 Å². The molecule has 1 amide bonds. The predicted octanol–water partition coefficient (Wildman–Crippen LogP) is 1.78. The predicted molar refractivity (Wildman–Crippen MR) is 93.9 cm³/mol. The highest BCUT2D eigenvalue weighted by Gasteiger charge is 2.66. The molecule has 9 heteroatoms. The summed E-state index contributed by atoms with van der Waals surface area (Å²) in [5, 5.41) is 25.9. The van der Waals surface area contributed by atoms with Gasteiger partial charge in [0, 0.05) is 24.5 Å². The molecule has 1 aliphatic rings. The van der Waals surface area contributed by atoms with Gasteiger partial charge in [-0.25, -0.2) is 4.79 Å². The number of aliphatic carboxylic acids is 1. The molecule has 9 nitrogen and oxygen atoms in total. The zero-order valence-electron chi connectivity index (χ0n) is 14.9. The van der Waals surface area contributed by atoms with E-state index in [1.807, 2.05) is 6.92 Å². The van der Waals surface area contributed by atoms with Crippen LogP contribution < -0.4 is 10.6 Å². The third-order valence-electron chi connectivity index (χ3n) is 5.02. The molecule has 3 N–H and O–H groups in total. The minimum atomic E-state index is -1.44. The minimum absolute atomic E-state index is 0.159. The van der Waals surface area contributed by atoms with Crippen LogP contribution in [0.5, 0.6) is 0 Å². The molecule has 2 atom stereocenters. The average Bonchev–Trinajstić information content (AvgIpc) is 2.58. The van der Waals surface area contributed by atoms with Gasteiger partial charge in [0.15, 0.2) is 0 Å². The van der Waals surface area contributed by atoms with Crippen molar-refractivity contribution >= 4 is 23.3 Å². The maximum atomic E-state index is 12.3. The monoisotopic (exact) mass is 365 g/mol. The summed E-state index contributed by atoms with van der Waals surface area (Å²) in [6, 6.07) is 5.93. The number of nitrogens with one attached hydrogen (secondary N) is 2. The first-order valence-corrected chi connectivity index (χ1v) is 8.29. The Hall–Kier alpha value is -2.68. The second-order valence-electron chi connectivity index (χ2n) is 6.76. The number of anilines is 1. The van der Waals surface area contributed by atoms with Crippen molar-refractivity contribution in [2.75, 3.05) is 18.5 Å². The number of hydrogen-bond acceptors (Lipinski definition) is 6. The fourth-order valence-electron chi connectivity index (χ4n) is 3.28. The van der Waals surface area contributed by atoms with Gasteiger partial charge < -0.3 is 20.5 Å². The molecule has 1 aliphatic carbocycles. The molecule has 0 aromatic heterocycles. The lowest BCUT2D eigenvalue weighted by Gasteiger charge is -2.58. The van der Waals surface area contributed by atoms with Crippen LogP contribution in [-0.4, -0.2) is 46.7 Å². The van der Waals surface area contributed by atoms with Crippen molar-refractivity contribution in [1.29, 1.82) is 0 Å².